The minimum Gasteiger partial charge on any atom is -0.351 e. The van der Waals surface area contributed by atoms with Crippen LogP contribution in [-0.2, 0) is 0 Å². The normalized spacial score (nSPS) is 16.9. The first-order valence-electron chi connectivity index (χ1n) is 4.66. The molecule has 14 heavy (non-hydrogen) atoms. The van der Waals surface area contributed by atoms with Crippen LogP contribution in [0.25, 0.3) is 5.57 Å². The second-order valence-electron chi connectivity index (χ2n) is 3.30. The fourth-order valence-electron chi connectivity index (χ4n) is 1.66. The van der Waals surface area contributed by atoms with Crippen LogP contribution in [0.5, 0.6) is 0 Å². The summed E-state index contributed by atoms with van der Waals surface area (Å²) in [7, 11) is 2.06. The van der Waals surface area contributed by atoms with Gasteiger partial charge in [-0.25, -0.2) is 0 Å². The number of rotatable bonds is 1. The first-order valence-corrected chi connectivity index (χ1v) is 4.66. The van der Waals surface area contributed by atoms with Gasteiger partial charge in [-0.2, -0.15) is 0 Å². The number of allylic oxidation sites excluding steroid dienone is 4. The van der Waals surface area contributed by atoms with E-state index in [0.717, 1.165) is 0 Å². The molecule has 0 fully saturated rings. The van der Waals surface area contributed by atoms with Crippen molar-refractivity contribution in [2.75, 3.05) is 11.9 Å². The maximum absolute atomic E-state index is 3.72. The Kier molecular flexibility index (Phi) is 2.23. The molecule has 0 bridgehead atoms. The zero-order chi connectivity index (χ0) is 9.97. The molecule has 1 aromatic carbocycles. The van der Waals surface area contributed by atoms with Gasteiger partial charge in [-0.3, -0.25) is 0 Å². The summed E-state index contributed by atoms with van der Waals surface area (Å²) in [5.41, 5.74) is 3.72. The van der Waals surface area contributed by atoms with Crippen molar-refractivity contribution in [3.63, 3.8) is 0 Å². The average Bonchev–Trinajstić information content (AvgIpc) is 2.23. The van der Waals surface area contributed by atoms with E-state index in [-0.39, 0.29) is 0 Å². The van der Waals surface area contributed by atoms with E-state index in [0.29, 0.717) is 0 Å². The summed E-state index contributed by atoms with van der Waals surface area (Å²) in [5, 5.41) is 0. The Bertz CT molecular complexity index is 413. The van der Waals surface area contributed by atoms with Crippen LogP contribution in [0.3, 0.4) is 0 Å². The zero-order valence-electron chi connectivity index (χ0n) is 8.27. The van der Waals surface area contributed by atoms with E-state index in [1.54, 1.807) is 0 Å². The van der Waals surface area contributed by atoms with Gasteiger partial charge >= 0.3 is 0 Å². The Morgan fingerprint density at radius 1 is 1.29 bits per heavy atom. The Labute approximate surface area is 84.7 Å². The molecule has 0 aliphatic carbocycles. The molecule has 1 aliphatic heterocycles. The van der Waals surface area contributed by atoms with Gasteiger partial charge in [0.2, 0.25) is 0 Å². The fourth-order valence-corrected chi connectivity index (χ4v) is 1.66. The highest BCUT2D eigenvalue weighted by molar-refractivity contribution is 5.86. The van der Waals surface area contributed by atoms with Crippen LogP contribution in [0.4, 0.5) is 5.69 Å². The summed E-state index contributed by atoms with van der Waals surface area (Å²) in [5.74, 6) is 0. The van der Waals surface area contributed by atoms with Crippen molar-refractivity contribution in [3.8, 4) is 0 Å². The molecule has 2 rings (SSSR count). The van der Waals surface area contributed by atoms with Crippen molar-refractivity contribution in [2.24, 2.45) is 0 Å². The summed E-state index contributed by atoms with van der Waals surface area (Å²) in [4.78, 5) is 2.12. The maximum atomic E-state index is 3.72. The molecule has 0 amide bonds. The van der Waals surface area contributed by atoms with Crippen molar-refractivity contribution in [3.05, 3.63) is 60.8 Å². The molecule has 0 unspecified atom stereocenters. The summed E-state index contributed by atoms with van der Waals surface area (Å²) in [6, 6.07) is 8.36. The standard InChI is InChI=1S/C13H13N/c1-3-6-11-9-10-14(2)13-8-5-4-7-12(11)13/h3-10H,1H2,2H3/b11-6-. The Balaban J connectivity index is 2.58. The van der Waals surface area contributed by atoms with Crippen molar-refractivity contribution in [1.82, 2.24) is 0 Å². The Morgan fingerprint density at radius 2 is 2.07 bits per heavy atom. The topological polar surface area (TPSA) is 3.24 Å². The molecule has 1 heteroatoms. The van der Waals surface area contributed by atoms with Crippen molar-refractivity contribution >= 4 is 11.3 Å². The molecule has 1 aliphatic rings. The van der Waals surface area contributed by atoms with E-state index in [2.05, 4.69) is 55.1 Å². The SMILES string of the molecule is C=C/C=C1/C=CN(C)c2ccccc21. The Morgan fingerprint density at radius 3 is 2.86 bits per heavy atom. The molecule has 70 valence electrons. The van der Waals surface area contributed by atoms with Gasteiger partial charge in [0.1, 0.15) is 0 Å². The molecule has 0 saturated heterocycles. The van der Waals surface area contributed by atoms with Gasteiger partial charge in [-0.15, -0.1) is 0 Å². The lowest BCUT2D eigenvalue weighted by Gasteiger charge is -2.23. The second kappa shape index (κ2) is 3.54. The number of para-hydroxylation sites is 1. The monoisotopic (exact) mass is 183 g/mol. The van der Waals surface area contributed by atoms with Crippen LogP contribution >= 0.6 is 0 Å². The van der Waals surface area contributed by atoms with E-state index in [9.17, 15) is 0 Å². The third-order valence-corrected chi connectivity index (χ3v) is 2.37. The highest BCUT2D eigenvalue weighted by Gasteiger charge is 2.11. The molecule has 1 nitrogen and oxygen atoms in total. The summed E-state index contributed by atoms with van der Waals surface area (Å²) >= 11 is 0. The minimum atomic E-state index is 1.22. The lowest BCUT2D eigenvalue weighted by Crippen LogP contribution is -2.13. The van der Waals surface area contributed by atoms with E-state index in [4.69, 9.17) is 0 Å². The van der Waals surface area contributed by atoms with Crippen LogP contribution in [0.1, 0.15) is 5.56 Å². The first-order chi connectivity index (χ1) is 6.83. The van der Waals surface area contributed by atoms with Crippen LogP contribution in [-0.4, -0.2) is 7.05 Å². The smallest absolute Gasteiger partial charge is 0.0483 e. The van der Waals surface area contributed by atoms with Gasteiger partial charge in [-0.05, 0) is 17.7 Å². The molecule has 1 heterocycles. The second-order valence-corrected chi connectivity index (χ2v) is 3.30. The van der Waals surface area contributed by atoms with Crippen LogP contribution in [0.2, 0.25) is 0 Å². The number of benzene rings is 1. The van der Waals surface area contributed by atoms with Gasteiger partial charge < -0.3 is 4.90 Å². The van der Waals surface area contributed by atoms with Gasteiger partial charge in [0.25, 0.3) is 0 Å². The summed E-state index contributed by atoms with van der Waals surface area (Å²) < 4.78 is 0. The van der Waals surface area contributed by atoms with Crippen LogP contribution in [0.15, 0.2) is 55.3 Å². The largest absolute Gasteiger partial charge is 0.351 e. The van der Waals surface area contributed by atoms with Gasteiger partial charge in [0.15, 0.2) is 0 Å². The molecule has 0 saturated carbocycles. The third-order valence-electron chi connectivity index (χ3n) is 2.37. The number of hydrogen-bond donors (Lipinski definition) is 0. The first kappa shape index (κ1) is 8.82. The van der Waals surface area contributed by atoms with E-state index >= 15 is 0 Å². The van der Waals surface area contributed by atoms with E-state index < -0.39 is 0 Å². The molecule has 1 aromatic rings. The van der Waals surface area contributed by atoms with E-state index in [1.807, 2.05) is 12.2 Å². The lowest BCUT2D eigenvalue weighted by atomic mass is 10.00. The van der Waals surface area contributed by atoms with E-state index in [1.165, 1.54) is 16.8 Å². The number of nitrogens with zero attached hydrogens (tertiary/aromatic N) is 1. The predicted molar refractivity (Wildman–Crippen MR) is 62.2 cm³/mol. The predicted octanol–water partition coefficient (Wildman–Crippen LogP) is 3.22. The molecular formula is C13H13N. The fraction of sp³-hybridized carbons (Fsp3) is 0.0769. The van der Waals surface area contributed by atoms with Gasteiger partial charge in [0.05, 0.1) is 0 Å². The molecule has 0 spiro atoms. The molecule has 0 radical (unpaired) electrons. The van der Waals surface area contributed by atoms with Crippen molar-refractivity contribution in [2.45, 2.75) is 0 Å². The number of hydrogen-bond acceptors (Lipinski definition) is 1. The summed E-state index contributed by atoms with van der Waals surface area (Å²) in [6.07, 6.45) is 8.02. The zero-order valence-corrected chi connectivity index (χ0v) is 8.27. The highest BCUT2D eigenvalue weighted by Crippen LogP contribution is 2.31. The quantitative estimate of drug-likeness (QED) is 0.646. The minimum absolute atomic E-state index is 1.22. The highest BCUT2D eigenvalue weighted by atomic mass is 15.1. The average molecular weight is 183 g/mol. The van der Waals surface area contributed by atoms with Crippen LogP contribution in [0, 0.1) is 0 Å². The molecule has 0 N–H and O–H groups in total. The molecular weight excluding hydrogens is 170 g/mol. The number of anilines is 1. The lowest BCUT2D eigenvalue weighted by molar-refractivity contribution is 1.18. The summed E-state index contributed by atoms with van der Waals surface area (Å²) in [6.45, 7) is 3.72. The van der Waals surface area contributed by atoms with Gasteiger partial charge in [-0.1, -0.05) is 36.9 Å². The van der Waals surface area contributed by atoms with Crippen LogP contribution < -0.4 is 4.90 Å². The molecule has 0 aromatic heterocycles. The van der Waals surface area contributed by atoms with Gasteiger partial charge in [0, 0.05) is 24.5 Å². The molecule has 0 atom stereocenters. The van der Waals surface area contributed by atoms with Crippen molar-refractivity contribution in [1.29, 1.82) is 0 Å². The maximum Gasteiger partial charge on any atom is 0.0483 e. The number of fused-ring (bicyclic) bond motifs is 1. The Hall–Kier alpha value is -1.76. The third kappa shape index (κ3) is 1.37. The van der Waals surface area contributed by atoms with Crippen molar-refractivity contribution < 1.29 is 0 Å².